The van der Waals surface area contributed by atoms with Crippen molar-refractivity contribution in [3.05, 3.63) is 60.7 Å². The third kappa shape index (κ3) is 4.91. The Bertz CT molecular complexity index is 1460. The number of hydrogen-bond donors (Lipinski definition) is 2. The maximum atomic E-state index is 14.0. The van der Waals surface area contributed by atoms with Gasteiger partial charge < -0.3 is 20.1 Å². The van der Waals surface area contributed by atoms with E-state index in [0.29, 0.717) is 43.9 Å². The Morgan fingerprint density at radius 2 is 1.89 bits per heavy atom. The Morgan fingerprint density at radius 1 is 1.05 bits per heavy atom. The second-order valence-electron chi connectivity index (χ2n) is 9.83. The van der Waals surface area contributed by atoms with Crippen LogP contribution in [0.2, 0.25) is 0 Å². The number of piperidine rings is 1. The van der Waals surface area contributed by atoms with Crippen LogP contribution in [-0.2, 0) is 4.74 Å². The van der Waals surface area contributed by atoms with Gasteiger partial charge in [-0.2, -0.15) is 5.10 Å². The molecule has 0 radical (unpaired) electrons. The molecular formula is C28H29FN6O3. The van der Waals surface area contributed by atoms with Gasteiger partial charge in [0.2, 0.25) is 0 Å². The van der Waals surface area contributed by atoms with Crippen LogP contribution in [0.4, 0.5) is 15.0 Å². The molecule has 0 saturated carbocycles. The summed E-state index contributed by atoms with van der Waals surface area (Å²) in [7, 11) is 0. The van der Waals surface area contributed by atoms with Crippen LogP contribution in [0.3, 0.4) is 0 Å². The Kier molecular flexibility index (Phi) is 6.63. The molecule has 2 N–H and O–H groups in total. The molecule has 196 valence electrons. The van der Waals surface area contributed by atoms with E-state index < -0.39 is 6.09 Å². The lowest BCUT2D eigenvalue weighted by Gasteiger charge is -2.32. The first-order valence-electron chi connectivity index (χ1n) is 13.0. The molecule has 0 spiro atoms. The smallest absolute Gasteiger partial charge is 0.404 e. The van der Waals surface area contributed by atoms with Crippen molar-refractivity contribution in [1.29, 1.82) is 0 Å². The first kappa shape index (κ1) is 24.3. The van der Waals surface area contributed by atoms with Crippen LogP contribution in [0.1, 0.15) is 38.3 Å². The number of rotatable bonds is 5. The first-order chi connectivity index (χ1) is 18.5. The number of carboxylic acid groups (broad SMARTS) is 1. The summed E-state index contributed by atoms with van der Waals surface area (Å²) in [5.41, 5.74) is 3.95. The van der Waals surface area contributed by atoms with Crippen LogP contribution in [0.5, 0.6) is 0 Å². The number of hydrogen-bond acceptors (Lipinski definition) is 6. The summed E-state index contributed by atoms with van der Waals surface area (Å²) in [5, 5.41) is 17.5. The van der Waals surface area contributed by atoms with Gasteiger partial charge in [-0.05, 0) is 67.5 Å². The second-order valence-corrected chi connectivity index (χ2v) is 9.83. The molecule has 1 atom stereocenters. The molecule has 4 heterocycles. The standard InChI is InChI=1S/C28H29FN6O3/c29-20-5-3-4-18(14-20)19-7-8-24-22(15-19)27(33-35(24)26-6-1-2-13-38-26)23-16-30-17-25(32-23)34-11-9-21(10-12-34)31-28(36)37/h3-5,7-8,14-17,21,26,31H,1-2,6,9-13H2,(H,36,37). The lowest BCUT2D eigenvalue weighted by Crippen LogP contribution is -2.44. The largest absolute Gasteiger partial charge is 0.465 e. The molecule has 2 aliphatic heterocycles. The van der Waals surface area contributed by atoms with Gasteiger partial charge in [0.25, 0.3) is 0 Å². The summed E-state index contributed by atoms with van der Waals surface area (Å²) in [5.74, 6) is 0.448. The van der Waals surface area contributed by atoms with Gasteiger partial charge in [-0.15, -0.1) is 0 Å². The van der Waals surface area contributed by atoms with Gasteiger partial charge >= 0.3 is 6.09 Å². The molecule has 1 amide bonds. The molecule has 2 aromatic heterocycles. The first-order valence-corrected chi connectivity index (χ1v) is 13.0. The third-order valence-electron chi connectivity index (χ3n) is 7.30. The molecule has 9 nitrogen and oxygen atoms in total. The summed E-state index contributed by atoms with van der Waals surface area (Å²) in [6.07, 6.45) is 6.69. The maximum Gasteiger partial charge on any atom is 0.404 e. The van der Waals surface area contributed by atoms with E-state index in [2.05, 4.69) is 15.2 Å². The highest BCUT2D eigenvalue weighted by Crippen LogP contribution is 2.35. The van der Waals surface area contributed by atoms with Crippen molar-refractivity contribution in [3.63, 3.8) is 0 Å². The van der Waals surface area contributed by atoms with Crippen molar-refractivity contribution in [3.8, 4) is 22.5 Å². The van der Waals surface area contributed by atoms with Crippen LogP contribution in [0.25, 0.3) is 33.4 Å². The predicted molar refractivity (Wildman–Crippen MR) is 141 cm³/mol. The van der Waals surface area contributed by atoms with E-state index in [4.69, 9.17) is 19.9 Å². The van der Waals surface area contributed by atoms with Crippen LogP contribution < -0.4 is 10.2 Å². The predicted octanol–water partition coefficient (Wildman–Crippen LogP) is 5.23. The Morgan fingerprint density at radius 3 is 2.66 bits per heavy atom. The van der Waals surface area contributed by atoms with E-state index in [1.165, 1.54) is 12.1 Å². The number of fused-ring (bicyclic) bond motifs is 1. The molecule has 2 saturated heterocycles. The molecule has 0 bridgehead atoms. The molecule has 38 heavy (non-hydrogen) atoms. The summed E-state index contributed by atoms with van der Waals surface area (Å²) < 4.78 is 22.0. The highest BCUT2D eigenvalue weighted by atomic mass is 19.1. The van der Waals surface area contributed by atoms with Gasteiger partial charge in [0.1, 0.15) is 23.0 Å². The van der Waals surface area contributed by atoms with Crippen molar-refractivity contribution >= 4 is 22.8 Å². The molecule has 2 aromatic carbocycles. The molecule has 6 rings (SSSR count). The molecular weight excluding hydrogens is 487 g/mol. The van der Waals surface area contributed by atoms with E-state index in [1.807, 2.05) is 28.9 Å². The van der Waals surface area contributed by atoms with Crippen molar-refractivity contribution in [2.75, 3.05) is 24.6 Å². The van der Waals surface area contributed by atoms with Crippen LogP contribution in [-0.4, -0.2) is 56.7 Å². The molecule has 10 heteroatoms. The molecule has 2 aliphatic rings. The number of benzene rings is 2. The fourth-order valence-electron chi connectivity index (χ4n) is 5.36. The lowest BCUT2D eigenvalue weighted by atomic mass is 10.0. The van der Waals surface area contributed by atoms with Crippen molar-refractivity contribution in [1.82, 2.24) is 25.1 Å². The molecule has 1 unspecified atom stereocenters. The minimum Gasteiger partial charge on any atom is -0.465 e. The van der Waals surface area contributed by atoms with Gasteiger partial charge in [0.05, 0.1) is 17.9 Å². The summed E-state index contributed by atoms with van der Waals surface area (Å²) in [6, 6.07) is 12.5. The highest BCUT2D eigenvalue weighted by molar-refractivity contribution is 5.95. The Hall–Kier alpha value is -4.05. The topological polar surface area (TPSA) is 105 Å². The number of nitrogens with one attached hydrogen (secondary N) is 1. The van der Waals surface area contributed by atoms with E-state index >= 15 is 0 Å². The summed E-state index contributed by atoms with van der Waals surface area (Å²) in [4.78, 5) is 22.5. The van der Waals surface area contributed by atoms with Gasteiger partial charge in [-0.1, -0.05) is 18.2 Å². The zero-order valence-electron chi connectivity index (χ0n) is 20.9. The van der Waals surface area contributed by atoms with E-state index in [9.17, 15) is 9.18 Å². The second kappa shape index (κ2) is 10.4. The summed E-state index contributed by atoms with van der Waals surface area (Å²) >= 11 is 0. The quantitative estimate of drug-likeness (QED) is 0.374. The third-order valence-corrected chi connectivity index (χ3v) is 7.30. The fourth-order valence-corrected chi connectivity index (χ4v) is 5.36. The monoisotopic (exact) mass is 516 g/mol. The number of carbonyl (C=O) groups is 1. The SMILES string of the molecule is O=C(O)NC1CCN(c2cncc(-c3nn(C4CCCCO4)c4ccc(-c5cccc(F)c5)cc34)n2)CC1. The van der Waals surface area contributed by atoms with Crippen molar-refractivity contribution in [2.45, 2.75) is 44.4 Å². The minimum absolute atomic E-state index is 0.0590. The van der Waals surface area contributed by atoms with Crippen LogP contribution >= 0.6 is 0 Å². The van der Waals surface area contributed by atoms with E-state index in [1.54, 1.807) is 18.5 Å². The number of anilines is 1. The van der Waals surface area contributed by atoms with Gasteiger partial charge in [-0.25, -0.2) is 18.9 Å². The van der Waals surface area contributed by atoms with Crippen molar-refractivity contribution < 1.29 is 19.0 Å². The Labute approximate surface area is 219 Å². The Balaban J connectivity index is 1.38. The number of nitrogens with zero attached hydrogens (tertiary/aromatic N) is 5. The van der Waals surface area contributed by atoms with E-state index in [0.717, 1.165) is 47.1 Å². The maximum absolute atomic E-state index is 14.0. The molecule has 4 aromatic rings. The van der Waals surface area contributed by atoms with Gasteiger partial charge in [0.15, 0.2) is 6.23 Å². The van der Waals surface area contributed by atoms with Crippen LogP contribution in [0, 0.1) is 5.82 Å². The zero-order chi connectivity index (χ0) is 26.1. The number of halogens is 1. The van der Waals surface area contributed by atoms with E-state index in [-0.39, 0.29) is 18.1 Å². The van der Waals surface area contributed by atoms with Crippen LogP contribution in [0.15, 0.2) is 54.9 Å². The zero-order valence-corrected chi connectivity index (χ0v) is 20.9. The normalized spacial score (nSPS) is 18.6. The number of amides is 1. The average molecular weight is 517 g/mol. The molecule has 2 fully saturated rings. The fraction of sp³-hybridized carbons (Fsp3) is 0.357. The van der Waals surface area contributed by atoms with Gasteiger partial charge in [0, 0.05) is 31.1 Å². The van der Waals surface area contributed by atoms with Gasteiger partial charge in [-0.3, -0.25) is 4.98 Å². The number of ether oxygens (including phenoxy) is 1. The lowest BCUT2D eigenvalue weighted by molar-refractivity contribution is -0.0365. The highest BCUT2D eigenvalue weighted by Gasteiger charge is 2.25. The van der Waals surface area contributed by atoms with Crippen molar-refractivity contribution in [2.24, 2.45) is 0 Å². The molecule has 0 aliphatic carbocycles. The number of aromatic nitrogens is 4. The minimum atomic E-state index is -0.993. The average Bonchev–Trinajstić information content (AvgIpc) is 3.33. The summed E-state index contributed by atoms with van der Waals surface area (Å²) in [6.45, 7) is 2.06.